The second-order valence-corrected chi connectivity index (χ2v) is 13.5. The number of likely N-dealkylation sites (tertiary alicyclic amines) is 1. The van der Waals surface area contributed by atoms with Gasteiger partial charge in [-0.05, 0) is 89.3 Å². The summed E-state index contributed by atoms with van der Waals surface area (Å²) in [6.07, 6.45) is 6.02. The maximum absolute atomic E-state index is 13.3. The van der Waals surface area contributed by atoms with Crippen LogP contribution in [-0.4, -0.2) is 71.6 Å². The van der Waals surface area contributed by atoms with Gasteiger partial charge in [-0.1, -0.05) is 19.9 Å². The molecule has 2 heterocycles. The van der Waals surface area contributed by atoms with Crippen molar-refractivity contribution in [2.75, 3.05) is 20.2 Å². The number of phenols is 1. The highest BCUT2D eigenvalue weighted by Crippen LogP contribution is 2.66. The standard InChI is InChI=1S/C30H44N2O5/c1-17(2)24(27(34)37-28(3,4)5)31-20-11-12-30(35-6)22-15-19-9-10-21(33)25-23(19)29(30,26(20)36-25)13-14-32(22)16-18-7-8-18/h9-10,17-18,20,22,24,26,31,33H,7-8,11-16H2,1-6H3/t20-,22?,24+,26-,29?,30+/m0/s1. The summed E-state index contributed by atoms with van der Waals surface area (Å²) in [4.78, 5) is 16.0. The summed E-state index contributed by atoms with van der Waals surface area (Å²) in [5, 5.41) is 14.7. The first-order chi connectivity index (χ1) is 17.5. The fourth-order valence-electron chi connectivity index (χ4n) is 8.17. The highest BCUT2D eigenvalue weighted by molar-refractivity contribution is 5.76. The summed E-state index contributed by atoms with van der Waals surface area (Å²) < 4.78 is 19.3. The number of nitrogens with one attached hydrogen (secondary N) is 1. The lowest BCUT2D eigenvalue weighted by atomic mass is 9.48. The molecule has 1 aromatic rings. The zero-order chi connectivity index (χ0) is 26.3. The second-order valence-electron chi connectivity index (χ2n) is 13.5. The Labute approximate surface area is 221 Å². The smallest absolute Gasteiger partial charge is 0.323 e. The average Bonchev–Trinajstić information content (AvgIpc) is 3.57. The third-order valence-electron chi connectivity index (χ3n) is 9.81. The summed E-state index contributed by atoms with van der Waals surface area (Å²) in [6.45, 7) is 12.0. The third-order valence-corrected chi connectivity index (χ3v) is 9.81. The summed E-state index contributed by atoms with van der Waals surface area (Å²) >= 11 is 0. The molecule has 2 saturated carbocycles. The monoisotopic (exact) mass is 512 g/mol. The molecule has 2 bridgehead atoms. The van der Waals surface area contributed by atoms with Gasteiger partial charge in [-0.3, -0.25) is 15.0 Å². The number of aromatic hydroxyl groups is 1. The van der Waals surface area contributed by atoms with Gasteiger partial charge in [0.2, 0.25) is 0 Å². The van der Waals surface area contributed by atoms with E-state index in [1.54, 1.807) is 6.07 Å². The summed E-state index contributed by atoms with van der Waals surface area (Å²) in [6, 6.07) is 3.68. The van der Waals surface area contributed by atoms with Gasteiger partial charge in [0.05, 0.1) is 11.0 Å². The summed E-state index contributed by atoms with van der Waals surface area (Å²) in [5.41, 5.74) is 1.15. The van der Waals surface area contributed by atoms with Gasteiger partial charge in [0.15, 0.2) is 11.5 Å². The lowest BCUT2D eigenvalue weighted by molar-refractivity contribution is -0.208. The van der Waals surface area contributed by atoms with E-state index in [0.29, 0.717) is 5.75 Å². The lowest BCUT2D eigenvalue weighted by Gasteiger charge is -2.66. The molecular formula is C30H44N2O5. The van der Waals surface area contributed by atoms with Gasteiger partial charge >= 0.3 is 5.97 Å². The van der Waals surface area contributed by atoms with E-state index in [1.807, 2.05) is 27.9 Å². The molecule has 1 saturated heterocycles. The second kappa shape index (κ2) is 8.59. The van der Waals surface area contributed by atoms with E-state index in [-0.39, 0.29) is 46.8 Å². The molecule has 6 atom stereocenters. The van der Waals surface area contributed by atoms with E-state index in [9.17, 15) is 9.90 Å². The number of methoxy groups -OCH3 is 1. The zero-order valence-electron chi connectivity index (χ0n) is 23.3. The molecule has 204 valence electrons. The van der Waals surface area contributed by atoms with Crippen LogP contribution in [0.1, 0.15) is 77.8 Å². The molecule has 0 radical (unpaired) electrons. The number of nitrogens with zero attached hydrogens (tertiary/aromatic N) is 1. The molecule has 2 N–H and O–H groups in total. The molecule has 5 aliphatic rings. The maximum atomic E-state index is 13.3. The van der Waals surface area contributed by atoms with Crippen molar-refractivity contribution in [2.24, 2.45) is 11.8 Å². The molecule has 3 fully saturated rings. The van der Waals surface area contributed by atoms with Crippen molar-refractivity contribution in [2.45, 2.75) is 114 Å². The topological polar surface area (TPSA) is 80.3 Å². The van der Waals surface area contributed by atoms with Crippen molar-refractivity contribution in [3.05, 3.63) is 23.3 Å². The van der Waals surface area contributed by atoms with Crippen LogP contribution in [0.3, 0.4) is 0 Å². The number of carbonyl (C=O) groups excluding carboxylic acids is 1. The normalized spacial score (nSPS) is 35.2. The quantitative estimate of drug-likeness (QED) is 0.536. The van der Waals surface area contributed by atoms with Gasteiger partial charge in [-0.2, -0.15) is 0 Å². The van der Waals surface area contributed by atoms with Crippen LogP contribution in [0.5, 0.6) is 11.5 Å². The number of benzene rings is 1. The fraction of sp³-hybridized carbons (Fsp3) is 0.767. The molecule has 0 aromatic heterocycles. The SMILES string of the molecule is CO[C@@]12CC[C@H](N[C@@H](C(=O)OC(C)(C)C)C(C)C)[C@@H]3Oc4c(O)ccc5c4C31CCN(CC1CC1)C2C5. The van der Waals surface area contributed by atoms with Crippen molar-refractivity contribution in [3.63, 3.8) is 0 Å². The Kier molecular flexibility index (Phi) is 5.91. The van der Waals surface area contributed by atoms with Crippen LogP contribution >= 0.6 is 0 Å². The number of phenolic OH excluding ortho intramolecular Hbond substituents is 1. The summed E-state index contributed by atoms with van der Waals surface area (Å²) in [7, 11) is 1.88. The van der Waals surface area contributed by atoms with Gasteiger partial charge in [-0.15, -0.1) is 0 Å². The predicted octanol–water partition coefficient (Wildman–Crippen LogP) is 3.93. The molecule has 7 heteroatoms. The first kappa shape index (κ1) is 25.4. The molecule has 0 amide bonds. The van der Waals surface area contributed by atoms with Crippen LogP contribution in [0, 0.1) is 11.8 Å². The number of carbonyl (C=O) groups is 1. The Balaban J connectivity index is 1.40. The predicted molar refractivity (Wildman–Crippen MR) is 141 cm³/mol. The van der Waals surface area contributed by atoms with Crippen LogP contribution in [0.4, 0.5) is 0 Å². The van der Waals surface area contributed by atoms with Gasteiger partial charge < -0.3 is 19.3 Å². The van der Waals surface area contributed by atoms with E-state index in [1.165, 1.54) is 18.4 Å². The van der Waals surface area contributed by atoms with Gasteiger partial charge in [0.1, 0.15) is 17.7 Å². The Bertz CT molecular complexity index is 1080. The molecule has 3 aliphatic carbocycles. The minimum absolute atomic E-state index is 0.0587. The number of ether oxygens (including phenoxy) is 3. The third kappa shape index (κ3) is 3.75. The van der Waals surface area contributed by atoms with Crippen molar-refractivity contribution in [1.29, 1.82) is 0 Å². The molecule has 2 aliphatic heterocycles. The van der Waals surface area contributed by atoms with Crippen LogP contribution in [0.15, 0.2) is 12.1 Å². The number of hydrogen-bond acceptors (Lipinski definition) is 7. The van der Waals surface area contributed by atoms with E-state index < -0.39 is 11.6 Å². The highest BCUT2D eigenvalue weighted by atomic mass is 16.6. The largest absolute Gasteiger partial charge is 0.504 e. The van der Waals surface area contributed by atoms with Crippen molar-refractivity contribution >= 4 is 5.97 Å². The Hall–Kier alpha value is -1.83. The number of piperidine rings is 1. The lowest BCUT2D eigenvalue weighted by Crippen LogP contribution is -2.79. The maximum Gasteiger partial charge on any atom is 0.323 e. The van der Waals surface area contributed by atoms with Gasteiger partial charge in [0.25, 0.3) is 0 Å². The van der Waals surface area contributed by atoms with Crippen LogP contribution in [0.2, 0.25) is 0 Å². The number of hydrogen-bond donors (Lipinski definition) is 2. The van der Waals surface area contributed by atoms with E-state index in [2.05, 4.69) is 30.1 Å². The van der Waals surface area contributed by atoms with Gasteiger partial charge in [0, 0.05) is 31.3 Å². The Morgan fingerprint density at radius 2 is 2.00 bits per heavy atom. The molecule has 37 heavy (non-hydrogen) atoms. The average molecular weight is 513 g/mol. The van der Waals surface area contributed by atoms with Crippen molar-refractivity contribution < 1.29 is 24.1 Å². The van der Waals surface area contributed by atoms with Crippen molar-refractivity contribution in [3.8, 4) is 11.5 Å². The first-order valence-electron chi connectivity index (χ1n) is 14.3. The zero-order valence-corrected chi connectivity index (χ0v) is 23.3. The molecule has 1 aromatic carbocycles. The van der Waals surface area contributed by atoms with E-state index in [0.717, 1.165) is 50.3 Å². The van der Waals surface area contributed by atoms with Crippen LogP contribution in [-0.2, 0) is 26.1 Å². The first-order valence-corrected chi connectivity index (χ1v) is 14.3. The number of esters is 1. The minimum Gasteiger partial charge on any atom is -0.504 e. The van der Waals surface area contributed by atoms with Crippen LogP contribution in [0.25, 0.3) is 0 Å². The molecular weight excluding hydrogens is 468 g/mol. The fourth-order valence-corrected chi connectivity index (χ4v) is 8.17. The molecule has 2 unspecified atom stereocenters. The minimum atomic E-state index is -0.547. The molecule has 6 rings (SSSR count). The van der Waals surface area contributed by atoms with Crippen molar-refractivity contribution in [1.82, 2.24) is 10.2 Å². The van der Waals surface area contributed by atoms with E-state index in [4.69, 9.17) is 14.2 Å². The molecule has 1 spiro atoms. The number of rotatable bonds is 7. The van der Waals surface area contributed by atoms with Gasteiger partial charge in [-0.25, -0.2) is 0 Å². The Morgan fingerprint density at radius 3 is 2.65 bits per heavy atom. The van der Waals surface area contributed by atoms with Crippen LogP contribution < -0.4 is 10.1 Å². The molecule has 7 nitrogen and oxygen atoms in total. The Morgan fingerprint density at radius 1 is 1.24 bits per heavy atom. The van der Waals surface area contributed by atoms with E-state index >= 15 is 0 Å². The summed E-state index contributed by atoms with van der Waals surface area (Å²) in [5.74, 6) is 1.49. The highest BCUT2D eigenvalue weighted by Gasteiger charge is 2.74.